The topological polar surface area (TPSA) is 44.4 Å². The molecule has 0 bridgehead atoms. The molecular weight excluding hydrogens is 202 g/mol. The zero-order chi connectivity index (χ0) is 11.8. The van der Waals surface area contributed by atoms with Gasteiger partial charge in [0.05, 0.1) is 6.54 Å². The third-order valence-corrected chi connectivity index (χ3v) is 2.73. The Morgan fingerprint density at radius 1 is 1.56 bits per heavy atom. The van der Waals surface area contributed by atoms with E-state index in [1.54, 1.807) is 0 Å². The van der Waals surface area contributed by atoms with Crippen molar-refractivity contribution in [3.05, 3.63) is 12.7 Å². The summed E-state index contributed by atoms with van der Waals surface area (Å²) in [6.45, 7) is 10.2. The Morgan fingerprint density at radius 2 is 2.38 bits per heavy atom. The number of hydrogen-bond donors (Lipinski definition) is 2. The van der Waals surface area contributed by atoms with E-state index in [2.05, 4.69) is 22.1 Å². The second-order valence-corrected chi connectivity index (χ2v) is 4.37. The van der Waals surface area contributed by atoms with E-state index in [1.807, 2.05) is 13.0 Å². The summed E-state index contributed by atoms with van der Waals surface area (Å²) in [6.07, 6.45) is 3.78. The van der Waals surface area contributed by atoms with Crippen molar-refractivity contribution < 1.29 is 4.79 Å². The van der Waals surface area contributed by atoms with Gasteiger partial charge in [-0.2, -0.15) is 0 Å². The molecule has 4 heteroatoms. The molecule has 1 aliphatic heterocycles. The molecule has 0 aromatic carbocycles. The quantitative estimate of drug-likeness (QED) is 0.664. The standard InChI is InChI=1S/C12H23N3O/c1-3-5-11(2)14-12(16)10-15-8-4-6-13-7-9-15/h3,11,13H,1,4-10H2,2H3,(H,14,16). The summed E-state index contributed by atoms with van der Waals surface area (Å²) in [4.78, 5) is 13.9. The van der Waals surface area contributed by atoms with Crippen LogP contribution < -0.4 is 10.6 Å². The van der Waals surface area contributed by atoms with Gasteiger partial charge in [-0.25, -0.2) is 0 Å². The van der Waals surface area contributed by atoms with Crippen LogP contribution in [0.1, 0.15) is 19.8 Å². The Hall–Kier alpha value is -0.870. The van der Waals surface area contributed by atoms with Gasteiger partial charge in [-0.1, -0.05) is 6.08 Å². The summed E-state index contributed by atoms with van der Waals surface area (Å²) >= 11 is 0. The van der Waals surface area contributed by atoms with Crippen molar-refractivity contribution in [1.29, 1.82) is 0 Å². The molecule has 1 fully saturated rings. The summed E-state index contributed by atoms with van der Waals surface area (Å²) in [6, 6.07) is 0.190. The van der Waals surface area contributed by atoms with Crippen LogP contribution in [-0.4, -0.2) is 49.6 Å². The van der Waals surface area contributed by atoms with Crippen molar-refractivity contribution in [2.24, 2.45) is 0 Å². The van der Waals surface area contributed by atoms with Gasteiger partial charge in [0.15, 0.2) is 0 Å². The van der Waals surface area contributed by atoms with Crippen LogP contribution in [-0.2, 0) is 4.79 Å². The predicted octanol–water partition coefficient (Wildman–Crippen LogP) is 0.363. The lowest BCUT2D eigenvalue weighted by Crippen LogP contribution is -2.42. The minimum Gasteiger partial charge on any atom is -0.352 e. The number of hydrogen-bond acceptors (Lipinski definition) is 3. The lowest BCUT2D eigenvalue weighted by molar-refractivity contribution is -0.122. The van der Waals surface area contributed by atoms with Gasteiger partial charge in [-0.05, 0) is 32.9 Å². The van der Waals surface area contributed by atoms with E-state index in [0.717, 1.165) is 39.0 Å². The minimum absolute atomic E-state index is 0.122. The van der Waals surface area contributed by atoms with Crippen molar-refractivity contribution in [1.82, 2.24) is 15.5 Å². The lowest BCUT2D eigenvalue weighted by atomic mass is 10.2. The highest BCUT2D eigenvalue weighted by Crippen LogP contribution is 1.96. The van der Waals surface area contributed by atoms with E-state index in [1.165, 1.54) is 0 Å². The fourth-order valence-corrected chi connectivity index (χ4v) is 1.89. The van der Waals surface area contributed by atoms with Crippen molar-refractivity contribution >= 4 is 5.91 Å². The number of rotatable bonds is 5. The molecule has 92 valence electrons. The first-order chi connectivity index (χ1) is 7.72. The Bertz CT molecular complexity index is 222. The molecule has 1 amide bonds. The van der Waals surface area contributed by atoms with E-state index in [-0.39, 0.29) is 11.9 Å². The Labute approximate surface area is 98.1 Å². The highest BCUT2D eigenvalue weighted by Gasteiger charge is 2.13. The SMILES string of the molecule is C=CCC(C)NC(=O)CN1CCCNCC1. The predicted molar refractivity (Wildman–Crippen MR) is 66.3 cm³/mol. The van der Waals surface area contributed by atoms with E-state index in [9.17, 15) is 4.79 Å². The van der Waals surface area contributed by atoms with Crippen molar-refractivity contribution in [2.45, 2.75) is 25.8 Å². The zero-order valence-electron chi connectivity index (χ0n) is 10.2. The third kappa shape index (κ3) is 5.28. The van der Waals surface area contributed by atoms with Crippen LogP contribution in [0.15, 0.2) is 12.7 Å². The average Bonchev–Trinajstić information content (AvgIpc) is 2.46. The van der Waals surface area contributed by atoms with Crippen molar-refractivity contribution in [3.63, 3.8) is 0 Å². The van der Waals surface area contributed by atoms with Crippen LogP contribution >= 0.6 is 0 Å². The largest absolute Gasteiger partial charge is 0.352 e. The minimum atomic E-state index is 0.122. The molecule has 2 N–H and O–H groups in total. The zero-order valence-corrected chi connectivity index (χ0v) is 10.2. The smallest absolute Gasteiger partial charge is 0.234 e. The fourth-order valence-electron chi connectivity index (χ4n) is 1.89. The van der Waals surface area contributed by atoms with Crippen LogP contribution in [0.4, 0.5) is 0 Å². The summed E-state index contributed by atoms with van der Waals surface area (Å²) in [7, 11) is 0. The van der Waals surface area contributed by atoms with E-state index in [4.69, 9.17) is 0 Å². The summed E-state index contributed by atoms with van der Waals surface area (Å²) in [5.74, 6) is 0.122. The summed E-state index contributed by atoms with van der Waals surface area (Å²) in [5.41, 5.74) is 0. The maximum atomic E-state index is 11.7. The number of carbonyl (C=O) groups excluding carboxylic acids is 1. The van der Waals surface area contributed by atoms with Gasteiger partial charge in [0.25, 0.3) is 0 Å². The monoisotopic (exact) mass is 225 g/mol. The van der Waals surface area contributed by atoms with Crippen molar-refractivity contribution in [3.8, 4) is 0 Å². The summed E-state index contributed by atoms with van der Waals surface area (Å²) in [5, 5.41) is 6.30. The Morgan fingerprint density at radius 3 is 3.12 bits per heavy atom. The average molecular weight is 225 g/mol. The molecule has 0 spiro atoms. The van der Waals surface area contributed by atoms with Crippen molar-refractivity contribution in [2.75, 3.05) is 32.7 Å². The van der Waals surface area contributed by atoms with Gasteiger partial charge in [0.2, 0.25) is 5.91 Å². The fraction of sp³-hybridized carbons (Fsp3) is 0.750. The third-order valence-electron chi connectivity index (χ3n) is 2.73. The molecule has 1 aliphatic rings. The molecule has 0 aromatic heterocycles. The van der Waals surface area contributed by atoms with E-state index < -0.39 is 0 Å². The van der Waals surface area contributed by atoms with Crippen LogP contribution in [0.5, 0.6) is 0 Å². The Kier molecular flexibility index (Phi) is 6.11. The van der Waals surface area contributed by atoms with Gasteiger partial charge in [0, 0.05) is 19.1 Å². The second-order valence-electron chi connectivity index (χ2n) is 4.37. The lowest BCUT2D eigenvalue weighted by Gasteiger charge is -2.20. The molecule has 0 radical (unpaired) electrons. The van der Waals surface area contributed by atoms with Gasteiger partial charge in [-0.15, -0.1) is 6.58 Å². The van der Waals surface area contributed by atoms with Gasteiger partial charge in [-0.3, -0.25) is 9.69 Å². The van der Waals surface area contributed by atoms with Crippen LogP contribution in [0.25, 0.3) is 0 Å². The highest BCUT2D eigenvalue weighted by atomic mass is 16.2. The van der Waals surface area contributed by atoms with E-state index >= 15 is 0 Å². The van der Waals surface area contributed by atoms with Gasteiger partial charge in [0.1, 0.15) is 0 Å². The molecule has 1 saturated heterocycles. The van der Waals surface area contributed by atoms with Gasteiger partial charge >= 0.3 is 0 Å². The maximum absolute atomic E-state index is 11.7. The van der Waals surface area contributed by atoms with Crippen LogP contribution in [0.3, 0.4) is 0 Å². The van der Waals surface area contributed by atoms with Crippen LogP contribution in [0.2, 0.25) is 0 Å². The molecule has 0 aromatic rings. The highest BCUT2D eigenvalue weighted by molar-refractivity contribution is 5.78. The number of carbonyl (C=O) groups is 1. The normalized spacial score (nSPS) is 19.8. The molecule has 1 heterocycles. The van der Waals surface area contributed by atoms with Gasteiger partial charge < -0.3 is 10.6 Å². The molecular formula is C12H23N3O. The van der Waals surface area contributed by atoms with E-state index in [0.29, 0.717) is 6.54 Å². The van der Waals surface area contributed by atoms with Crippen LogP contribution in [0, 0.1) is 0 Å². The molecule has 4 nitrogen and oxygen atoms in total. The first-order valence-corrected chi connectivity index (χ1v) is 6.05. The number of nitrogens with zero attached hydrogens (tertiary/aromatic N) is 1. The molecule has 1 atom stereocenters. The number of amides is 1. The maximum Gasteiger partial charge on any atom is 0.234 e. The first-order valence-electron chi connectivity index (χ1n) is 6.05. The second kappa shape index (κ2) is 7.41. The Balaban J connectivity index is 2.23. The molecule has 1 rings (SSSR count). The molecule has 16 heavy (non-hydrogen) atoms. The molecule has 1 unspecified atom stereocenters. The first kappa shape index (κ1) is 13.2. The molecule has 0 saturated carbocycles. The summed E-state index contributed by atoms with van der Waals surface area (Å²) < 4.78 is 0. The molecule has 0 aliphatic carbocycles. The number of nitrogens with one attached hydrogen (secondary N) is 2.